The van der Waals surface area contributed by atoms with Gasteiger partial charge in [-0.05, 0) is 6.92 Å². The van der Waals surface area contributed by atoms with Gasteiger partial charge in [0.15, 0.2) is 5.16 Å². The van der Waals surface area contributed by atoms with Crippen molar-refractivity contribution in [2.24, 2.45) is 12.8 Å². The first-order valence-electron chi connectivity index (χ1n) is 3.56. The summed E-state index contributed by atoms with van der Waals surface area (Å²) in [7, 11) is 1.98. The summed E-state index contributed by atoms with van der Waals surface area (Å²) < 4.78 is 1.99. The second kappa shape index (κ2) is 5.45. The molecule has 1 atom stereocenters. The number of rotatable bonds is 3. The third-order valence-corrected chi connectivity index (χ3v) is 2.60. The van der Waals surface area contributed by atoms with Crippen molar-refractivity contribution < 1.29 is 0 Å². The smallest absolute Gasteiger partial charge is 0.167 e. The van der Waals surface area contributed by atoms with Crippen LogP contribution in [0.5, 0.6) is 0 Å². The van der Waals surface area contributed by atoms with E-state index in [0.29, 0.717) is 0 Å². The Labute approximate surface area is 83.1 Å². The lowest BCUT2D eigenvalue weighted by Crippen LogP contribution is -2.17. The van der Waals surface area contributed by atoms with Crippen LogP contribution in [0, 0.1) is 0 Å². The highest BCUT2D eigenvalue weighted by Gasteiger charge is 2.00. The summed E-state index contributed by atoms with van der Waals surface area (Å²) in [6.07, 6.45) is 3.73. The Hall–Kier alpha value is -0.190. The molecular weight excluding hydrogens is 194 g/mol. The van der Waals surface area contributed by atoms with Crippen LogP contribution in [-0.2, 0) is 7.05 Å². The highest BCUT2D eigenvalue weighted by atomic mass is 35.5. The molecule has 0 saturated heterocycles. The van der Waals surface area contributed by atoms with Gasteiger partial charge in [-0.2, -0.15) is 0 Å². The molecule has 0 spiro atoms. The lowest BCUT2D eigenvalue weighted by Gasteiger charge is -2.03. The normalized spacial score (nSPS) is 12.2. The molecule has 0 bridgehead atoms. The van der Waals surface area contributed by atoms with Crippen LogP contribution in [0.15, 0.2) is 17.6 Å². The van der Waals surface area contributed by atoms with Crippen molar-refractivity contribution in [3.8, 4) is 0 Å². The van der Waals surface area contributed by atoms with Crippen LogP contribution in [0.2, 0.25) is 0 Å². The first-order chi connectivity index (χ1) is 5.20. The molecule has 0 aliphatic rings. The number of aryl methyl sites for hydroxylation is 1. The highest BCUT2D eigenvalue weighted by molar-refractivity contribution is 7.99. The summed E-state index contributed by atoms with van der Waals surface area (Å²) in [6, 6.07) is 0.233. The molecule has 12 heavy (non-hydrogen) atoms. The molecule has 1 heterocycles. The van der Waals surface area contributed by atoms with Crippen LogP contribution in [0.1, 0.15) is 6.92 Å². The van der Waals surface area contributed by atoms with Gasteiger partial charge in [-0.15, -0.1) is 12.4 Å². The molecule has 0 aliphatic heterocycles. The zero-order valence-electron chi connectivity index (χ0n) is 7.23. The molecule has 1 aromatic heterocycles. The van der Waals surface area contributed by atoms with Crippen molar-refractivity contribution in [1.82, 2.24) is 9.55 Å². The number of nitrogens with zero attached hydrogens (tertiary/aromatic N) is 2. The molecule has 0 aromatic carbocycles. The fraction of sp³-hybridized carbons (Fsp3) is 0.571. The Morgan fingerprint density at radius 2 is 2.42 bits per heavy atom. The maximum atomic E-state index is 5.60. The van der Waals surface area contributed by atoms with Crippen molar-refractivity contribution in [3.05, 3.63) is 12.4 Å². The molecule has 0 amide bonds. The zero-order chi connectivity index (χ0) is 8.27. The van der Waals surface area contributed by atoms with Crippen LogP contribution in [0.25, 0.3) is 0 Å². The standard InChI is InChI=1S/C7H13N3S.ClH/c1-6(8)5-11-7-9-3-4-10(7)2;/h3-4,6H,5,8H2,1-2H3;1H/t6-;/m1./s1. The summed E-state index contributed by atoms with van der Waals surface area (Å²) >= 11 is 1.69. The first-order valence-corrected chi connectivity index (χ1v) is 4.54. The van der Waals surface area contributed by atoms with E-state index < -0.39 is 0 Å². The Morgan fingerprint density at radius 3 is 2.83 bits per heavy atom. The molecule has 1 aromatic rings. The van der Waals surface area contributed by atoms with E-state index in [4.69, 9.17) is 5.73 Å². The zero-order valence-corrected chi connectivity index (χ0v) is 8.86. The number of halogens is 1. The fourth-order valence-electron chi connectivity index (χ4n) is 0.697. The molecule has 0 saturated carbocycles. The van der Waals surface area contributed by atoms with E-state index in [9.17, 15) is 0 Å². The van der Waals surface area contributed by atoms with Gasteiger partial charge in [-0.3, -0.25) is 0 Å². The average Bonchev–Trinajstić information content (AvgIpc) is 2.31. The van der Waals surface area contributed by atoms with Gasteiger partial charge in [-0.1, -0.05) is 11.8 Å². The topological polar surface area (TPSA) is 43.8 Å². The highest BCUT2D eigenvalue weighted by Crippen LogP contribution is 2.14. The maximum Gasteiger partial charge on any atom is 0.167 e. The van der Waals surface area contributed by atoms with Gasteiger partial charge in [-0.25, -0.2) is 4.98 Å². The maximum absolute atomic E-state index is 5.60. The Balaban J connectivity index is 0.00000121. The average molecular weight is 208 g/mol. The van der Waals surface area contributed by atoms with Crippen LogP contribution >= 0.6 is 24.2 Å². The van der Waals surface area contributed by atoms with Gasteiger partial charge < -0.3 is 10.3 Å². The minimum Gasteiger partial charge on any atom is -0.329 e. The second-order valence-corrected chi connectivity index (χ2v) is 3.60. The second-order valence-electron chi connectivity index (χ2n) is 2.61. The van der Waals surface area contributed by atoms with Gasteiger partial charge in [0.2, 0.25) is 0 Å². The molecule has 70 valence electrons. The summed E-state index contributed by atoms with van der Waals surface area (Å²) in [6.45, 7) is 2.00. The Morgan fingerprint density at radius 1 is 1.75 bits per heavy atom. The number of hydrogen-bond donors (Lipinski definition) is 1. The molecule has 0 aliphatic carbocycles. The minimum absolute atomic E-state index is 0. The van der Waals surface area contributed by atoms with Crippen LogP contribution in [0.4, 0.5) is 0 Å². The summed E-state index contributed by atoms with van der Waals surface area (Å²) in [5.41, 5.74) is 5.60. The van der Waals surface area contributed by atoms with E-state index in [1.54, 1.807) is 18.0 Å². The van der Waals surface area contributed by atoms with Crippen molar-refractivity contribution in [2.45, 2.75) is 18.1 Å². The van der Waals surface area contributed by atoms with Crippen molar-refractivity contribution in [3.63, 3.8) is 0 Å². The van der Waals surface area contributed by atoms with E-state index >= 15 is 0 Å². The lowest BCUT2D eigenvalue weighted by molar-refractivity contribution is 0.782. The number of imidazole rings is 1. The quantitative estimate of drug-likeness (QED) is 0.760. The fourth-order valence-corrected chi connectivity index (χ4v) is 1.51. The predicted molar refractivity (Wildman–Crippen MR) is 54.8 cm³/mol. The SMILES string of the molecule is C[C@@H](N)CSc1nccn1C.Cl. The van der Waals surface area contributed by atoms with Crippen LogP contribution in [-0.4, -0.2) is 21.3 Å². The number of aromatic nitrogens is 2. The summed E-state index contributed by atoms with van der Waals surface area (Å²) in [5, 5.41) is 1.03. The van der Waals surface area contributed by atoms with Gasteiger partial charge in [0.05, 0.1) is 0 Å². The number of nitrogens with two attached hydrogens (primary N) is 1. The number of thioether (sulfide) groups is 1. The summed E-state index contributed by atoms with van der Waals surface area (Å²) in [5.74, 6) is 0.921. The van der Waals surface area contributed by atoms with E-state index in [1.165, 1.54) is 0 Å². The van der Waals surface area contributed by atoms with E-state index in [2.05, 4.69) is 4.98 Å². The van der Waals surface area contributed by atoms with Crippen molar-refractivity contribution >= 4 is 24.2 Å². The van der Waals surface area contributed by atoms with Crippen LogP contribution in [0.3, 0.4) is 0 Å². The third-order valence-electron chi connectivity index (χ3n) is 1.25. The van der Waals surface area contributed by atoms with Gasteiger partial charge in [0.25, 0.3) is 0 Å². The van der Waals surface area contributed by atoms with Crippen LogP contribution < -0.4 is 5.73 Å². The molecule has 0 radical (unpaired) electrons. The molecule has 5 heteroatoms. The Bertz CT molecular complexity index is 224. The molecule has 0 unspecified atom stereocenters. The minimum atomic E-state index is 0. The molecule has 1 rings (SSSR count). The van der Waals surface area contributed by atoms with Crippen molar-refractivity contribution in [1.29, 1.82) is 0 Å². The van der Waals surface area contributed by atoms with Gasteiger partial charge >= 0.3 is 0 Å². The van der Waals surface area contributed by atoms with Crippen molar-refractivity contribution in [2.75, 3.05) is 5.75 Å². The van der Waals surface area contributed by atoms with Gasteiger partial charge in [0.1, 0.15) is 0 Å². The van der Waals surface area contributed by atoms with E-state index in [1.807, 2.05) is 24.7 Å². The molecule has 2 N–H and O–H groups in total. The monoisotopic (exact) mass is 207 g/mol. The predicted octanol–water partition coefficient (Wildman–Crippen LogP) is 1.28. The number of hydrogen-bond acceptors (Lipinski definition) is 3. The van der Waals surface area contributed by atoms with Gasteiger partial charge in [0, 0.05) is 31.2 Å². The first kappa shape index (κ1) is 11.8. The Kier molecular flexibility index (Phi) is 5.37. The molecule has 0 fully saturated rings. The molecular formula is C7H14ClN3S. The largest absolute Gasteiger partial charge is 0.329 e. The third kappa shape index (κ3) is 3.47. The lowest BCUT2D eigenvalue weighted by atomic mass is 10.4. The summed E-state index contributed by atoms with van der Waals surface area (Å²) in [4.78, 5) is 4.16. The van der Waals surface area contributed by atoms with E-state index in [-0.39, 0.29) is 18.4 Å². The molecule has 3 nitrogen and oxygen atoms in total. The van der Waals surface area contributed by atoms with E-state index in [0.717, 1.165) is 10.9 Å².